The summed E-state index contributed by atoms with van der Waals surface area (Å²) in [6.45, 7) is 6.47. The van der Waals surface area contributed by atoms with Gasteiger partial charge in [-0.05, 0) is 47.5 Å². The lowest BCUT2D eigenvalue weighted by Gasteiger charge is -2.08. The summed E-state index contributed by atoms with van der Waals surface area (Å²) in [7, 11) is 0. The Labute approximate surface area is 121 Å². The van der Waals surface area contributed by atoms with E-state index in [1.807, 2.05) is 23.7 Å². The number of benzene rings is 1. The smallest absolute Gasteiger partial charge is 0.115 e. The van der Waals surface area contributed by atoms with Gasteiger partial charge in [0.1, 0.15) is 5.75 Å². The van der Waals surface area contributed by atoms with Crippen molar-refractivity contribution in [1.82, 2.24) is 15.1 Å². The summed E-state index contributed by atoms with van der Waals surface area (Å²) < 4.78 is 3.08. The molecule has 0 saturated heterocycles. The molecule has 4 nitrogen and oxygen atoms in total. The molecule has 0 radical (unpaired) electrons. The summed E-state index contributed by atoms with van der Waals surface area (Å²) in [6.07, 6.45) is 0. The van der Waals surface area contributed by atoms with Crippen molar-refractivity contribution in [3.63, 3.8) is 0 Å². The van der Waals surface area contributed by atoms with E-state index < -0.39 is 0 Å². The Balaban J connectivity index is 1.97. The maximum atomic E-state index is 9.23. The summed E-state index contributed by atoms with van der Waals surface area (Å²) in [5.74, 6) is 0.297. The predicted molar refractivity (Wildman–Crippen MR) is 79.0 cm³/mol. The first-order valence-electron chi connectivity index (χ1n) is 6.32. The summed E-state index contributed by atoms with van der Waals surface area (Å²) in [5, 5.41) is 17.1. The van der Waals surface area contributed by atoms with E-state index in [9.17, 15) is 5.11 Å². The van der Waals surface area contributed by atoms with Crippen LogP contribution in [0.5, 0.6) is 5.75 Å². The van der Waals surface area contributed by atoms with Gasteiger partial charge in [0.25, 0.3) is 0 Å². The van der Waals surface area contributed by atoms with E-state index in [0.717, 1.165) is 35.4 Å². The number of aromatic nitrogens is 2. The molecule has 0 aliphatic rings. The average Bonchev–Trinajstić information content (AvgIpc) is 2.68. The Hall–Kier alpha value is -1.33. The number of nitrogens with one attached hydrogen (secondary N) is 1. The highest BCUT2D eigenvalue weighted by Gasteiger charge is 2.11. The highest BCUT2D eigenvalue weighted by molar-refractivity contribution is 9.10. The molecule has 0 aliphatic heterocycles. The highest BCUT2D eigenvalue weighted by Crippen LogP contribution is 2.21. The normalized spacial score (nSPS) is 10.9. The summed E-state index contributed by atoms with van der Waals surface area (Å²) >= 11 is 3.58. The van der Waals surface area contributed by atoms with Crippen molar-refractivity contribution in [1.29, 1.82) is 0 Å². The van der Waals surface area contributed by atoms with Gasteiger partial charge in [-0.3, -0.25) is 4.68 Å². The fourth-order valence-corrected chi connectivity index (χ4v) is 2.40. The van der Waals surface area contributed by atoms with Crippen LogP contribution in [0.1, 0.15) is 23.9 Å². The van der Waals surface area contributed by atoms with E-state index in [-0.39, 0.29) is 0 Å². The average molecular weight is 324 g/mol. The molecule has 0 amide bonds. The number of rotatable bonds is 5. The zero-order chi connectivity index (χ0) is 13.8. The van der Waals surface area contributed by atoms with Crippen molar-refractivity contribution < 1.29 is 5.11 Å². The first kappa shape index (κ1) is 14.1. The van der Waals surface area contributed by atoms with Crippen LogP contribution in [0.3, 0.4) is 0 Å². The maximum absolute atomic E-state index is 9.23. The topological polar surface area (TPSA) is 50.1 Å². The number of nitrogens with zero attached hydrogens (tertiary/aromatic N) is 2. The fraction of sp³-hybridized carbons (Fsp3) is 0.357. The molecule has 1 heterocycles. The number of phenolic OH excluding ortho intramolecular Hbond substituents is 1. The molecule has 0 bridgehead atoms. The molecule has 0 aliphatic carbocycles. The largest absolute Gasteiger partial charge is 0.508 e. The van der Waals surface area contributed by atoms with Gasteiger partial charge >= 0.3 is 0 Å². The third kappa shape index (κ3) is 3.36. The molecule has 0 unspecified atom stereocenters. The second-order valence-electron chi connectivity index (χ2n) is 4.43. The molecule has 1 aromatic carbocycles. The Morgan fingerprint density at radius 2 is 1.95 bits per heavy atom. The van der Waals surface area contributed by atoms with Crippen LogP contribution in [0, 0.1) is 6.92 Å². The van der Waals surface area contributed by atoms with E-state index in [1.54, 1.807) is 12.1 Å². The minimum atomic E-state index is 0.297. The summed E-state index contributed by atoms with van der Waals surface area (Å²) in [6, 6.07) is 7.24. The molecule has 0 spiro atoms. The van der Waals surface area contributed by atoms with Gasteiger partial charge in [0.05, 0.1) is 15.9 Å². The molecule has 102 valence electrons. The lowest BCUT2D eigenvalue weighted by molar-refractivity contribution is 0.475. The van der Waals surface area contributed by atoms with Gasteiger partial charge in [-0.25, -0.2) is 0 Å². The third-order valence-corrected chi connectivity index (χ3v) is 4.04. The third-order valence-electron chi connectivity index (χ3n) is 3.01. The maximum Gasteiger partial charge on any atom is 0.115 e. The number of aromatic hydroxyl groups is 1. The SMILES string of the molecule is CCn1nc(C)c(Br)c1CNCc1ccc(O)cc1. The Kier molecular flexibility index (Phi) is 4.61. The van der Waals surface area contributed by atoms with Crippen molar-refractivity contribution >= 4 is 15.9 Å². The second kappa shape index (κ2) is 6.21. The van der Waals surface area contributed by atoms with Crippen molar-refractivity contribution in [2.75, 3.05) is 0 Å². The number of aryl methyl sites for hydroxylation is 2. The molecule has 1 aromatic heterocycles. The van der Waals surface area contributed by atoms with Crippen LogP contribution in [0.2, 0.25) is 0 Å². The minimum absolute atomic E-state index is 0.297. The van der Waals surface area contributed by atoms with Crippen molar-refractivity contribution in [2.24, 2.45) is 0 Å². The van der Waals surface area contributed by atoms with Crippen LogP contribution < -0.4 is 5.32 Å². The quantitative estimate of drug-likeness (QED) is 0.889. The van der Waals surface area contributed by atoms with Gasteiger partial charge in [-0.1, -0.05) is 12.1 Å². The van der Waals surface area contributed by atoms with Crippen LogP contribution in [0.15, 0.2) is 28.7 Å². The van der Waals surface area contributed by atoms with Crippen LogP contribution in [-0.4, -0.2) is 14.9 Å². The fourth-order valence-electron chi connectivity index (χ4n) is 1.98. The van der Waals surface area contributed by atoms with Crippen LogP contribution >= 0.6 is 15.9 Å². The number of hydrogen-bond acceptors (Lipinski definition) is 3. The molecule has 2 aromatic rings. The van der Waals surface area contributed by atoms with E-state index in [2.05, 4.69) is 33.3 Å². The zero-order valence-corrected chi connectivity index (χ0v) is 12.7. The molecular weight excluding hydrogens is 306 g/mol. The van der Waals surface area contributed by atoms with E-state index >= 15 is 0 Å². The number of hydrogen-bond donors (Lipinski definition) is 2. The molecule has 0 saturated carbocycles. The van der Waals surface area contributed by atoms with Gasteiger partial charge in [0.15, 0.2) is 0 Å². The van der Waals surface area contributed by atoms with Gasteiger partial charge in [-0.15, -0.1) is 0 Å². The van der Waals surface area contributed by atoms with E-state index in [1.165, 1.54) is 5.69 Å². The molecule has 0 atom stereocenters. The van der Waals surface area contributed by atoms with Crippen LogP contribution in [0.25, 0.3) is 0 Å². The van der Waals surface area contributed by atoms with Gasteiger partial charge in [0, 0.05) is 19.6 Å². The van der Waals surface area contributed by atoms with Crippen molar-refractivity contribution in [3.8, 4) is 5.75 Å². The Bertz CT molecular complexity index is 549. The summed E-state index contributed by atoms with van der Waals surface area (Å²) in [5.41, 5.74) is 3.33. The number of phenols is 1. The predicted octanol–water partition coefficient (Wildman–Crippen LogP) is 2.97. The molecule has 2 rings (SSSR count). The Morgan fingerprint density at radius 1 is 1.26 bits per heavy atom. The molecule has 19 heavy (non-hydrogen) atoms. The standard InChI is InChI=1S/C14H18BrN3O/c1-3-18-13(14(15)10(2)17-18)9-16-8-11-4-6-12(19)7-5-11/h4-7,16,19H,3,8-9H2,1-2H3. The summed E-state index contributed by atoms with van der Waals surface area (Å²) in [4.78, 5) is 0. The van der Waals surface area contributed by atoms with Crippen molar-refractivity contribution in [3.05, 3.63) is 45.7 Å². The molecule has 0 fully saturated rings. The van der Waals surface area contributed by atoms with Gasteiger partial charge < -0.3 is 10.4 Å². The van der Waals surface area contributed by atoms with E-state index in [0.29, 0.717) is 5.75 Å². The van der Waals surface area contributed by atoms with Crippen LogP contribution in [0.4, 0.5) is 0 Å². The van der Waals surface area contributed by atoms with E-state index in [4.69, 9.17) is 0 Å². The Morgan fingerprint density at radius 3 is 2.58 bits per heavy atom. The molecule has 2 N–H and O–H groups in total. The molecular formula is C14H18BrN3O. The van der Waals surface area contributed by atoms with Crippen LogP contribution in [-0.2, 0) is 19.6 Å². The zero-order valence-electron chi connectivity index (χ0n) is 11.2. The van der Waals surface area contributed by atoms with Gasteiger partial charge in [0.2, 0.25) is 0 Å². The minimum Gasteiger partial charge on any atom is -0.508 e. The monoisotopic (exact) mass is 323 g/mol. The van der Waals surface area contributed by atoms with Gasteiger partial charge in [-0.2, -0.15) is 5.10 Å². The molecule has 5 heteroatoms. The second-order valence-corrected chi connectivity index (χ2v) is 5.22. The van der Waals surface area contributed by atoms with Crippen molar-refractivity contribution in [2.45, 2.75) is 33.5 Å². The first-order chi connectivity index (χ1) is 9.11. The lowest BCUT2D eigenvalue weighted by atomic mass is 10.2. The first-order valence-corrected chi connectivity index (χ1v) is 7.11. The lowest BCUT2D eigenvalue weighted by Crippen LogP contribution is -2.16. The highest BCUT2D eigenvalue weighted by atomic mass is 79.9. The number of halogens is 1.